The van der Waals surface area contributed by atoms with E-state index < -0.39 is 6.09 Å². The third-order valence-corrected chi connectivity index (χ3v) is 14.7. The second-order valence-electron chi connectivity index (χ2n) is 16.8. The van der Waals surface area contributed by atoms with Gasteiger partial charge in [-0.05, 0) is 99.8 Å². The summed E-state index contributed by atoms with van der Waals surface area (Å²) in [6.45, 7) is 13.4. The molecule has 0 saturated carbocycles. The number of nitrogens with one attached hydrogen (secondary N) is 1. The highest BCUT2D eigenvalue weighted by Crippen LogP contribution is 2.39. The minimum Gasteiger partial charge on any atom is -0.493 e. The lowest BCUT2D eigenvalue weighted by Gasteiger charge is -2.29. The second-order valence-corrected chi connectivity index (χ2v) is 19.4. The summed E-state index contributed by atoms with van der Waals surface area (Å²) in [5.74, 6) is 1.13. The molecule has 3 amide bonds. The quantitative estimate of drug-likeness (QED) is 0.0477. The van der Waals surface area contributed by atoms with Crippen LogP contribution in [0.2, 0.25) is 0 Å². The topological polar surface area (TPSA) is 173 Å². The van der Waals surface area contributed by atoms with Crippen molar-refractivity contribution in [3.05, 3.63) is 84.1 Å². The van der Waals surface area contributed by atoms with E-state index >= 15 is 0 Å². The van der Waals surface area contributed by atoms with Crippen LogP contribution in [0.4, 0.5) is 16.2 Å². The lowest BCUT2D eigenvalue weighted by Crippen LogP contribution is -2.42. The average Bonchev–Trinajstić information content (AvgIpc) is 4.16. The Bertz CT molecular complexity index is 2170. The zero-order chi connectivity index (χ0) is 45.9. The number of hydrogen-bond acceptors (Lipinski definition) is 14. The summed E-state index contributed by atoms with van der Waals surface area (Å²) in [5, 5.41) is 3.64. The summed E-state index contributed by atoms with van der Waals surface area (Å²) in [7, 11) is 6.10. The first-order valence-corrected chi connectivity index (χ1v) is 24.6. The first-order valence-electron chi connectivity index (χ1n) is 22.3. The Morgan fingerprint density at radius 2 is 1.42 bits per heavy atom. The van der Waals surface area contributed by atoms with Crippen LogP contribution < -0.4 is 30.0 Å². The van der Waals surface area contributed by atoms with Crippen LogP contribution >= 0.6 is 21.6 Å². The number of carbonyl (C=O) groups excluding carboxylic acids is 3. The van der Waals surface area contributed by atoms with Gasteiger partial charge in [-0.3, -0.25) is 14.9 Å². The molecule has 3 aromatic rings. The van der Waals surface area contributed by atoms with Gasteiger partial charge in [-0.15, -0.1) is 0 Å². The minimum absolute atomic E-state index is 0.00315. The maximum atomic E-state index is 14.4. The first-order chi connectivity index (χ1) is 31.5. The molecule has 4 aliphatic rings. The van der Waals surface area contributed by atoms with Crippen molar-refractivity contribution in [2.24, 2.45) is 0 Å². The molecule has 0 aliphatic carbocycles. The number of nitrogens with two attached hydrogens (primary N) is 1. The van der Waals surface area contributed by atoms with Gasteiger partial charge in [-0.25, -0.2) is 9.78 Å². The monoisotopic (exact) mass is 931 g/mol. The molecule has 3 N–H and O–H groups in total. The van der Waals surface area contributed by atoms with Gasteiger partial charge in [0.05, 0.1) is 68.5 Å². The Hall–Kier alpha value is -5.10. The van der Waals surface area contributed by atoms with Crippen molar-refractivity contribution in [2.75, 3.05) is 71.4 Å². The molecule has 4 saturated heterocycles. The molecule has 5 atom stereocenters. The second kappa shape index (κ2) is 22.9. The van der Waals surface area contributed by atoms with E-state index in [1.165, 1.54) is 25.0 Å². The molecule has 4 aliphatic heterocycles. The van der Waals surface area contributed by atoms with Gasteiger partial charge < -0.3 is 48.7 Å². The molecule has 7 rings (SSSR count). The van der Waals surface area contributed by atoms with E-state index in [2.05, 4.69) is 23.5 Å². The number of carbonyl (C=O) groups is 3. The van der Waals surface area contributed by atoms with Gasteiger partial charge in [-0.2, -0.15) is 0 Å². The average molecular weight is 932 g/mol. The van der Waals surface area contributed by atoms with Crippen LogP contribution in [0.25, 0.3) is 0 Å². The van der Waals surface area contributed by atoms with E-state index in [0.717, 1.165) is 54.7 Å². The Morgan fingerprint density at radius 1 is 0.831 bits per heavy atom. The van der Waals surface area contributed by atoms with Crippen LogP contribution in [-0.2, 0) is 14.2 Å². The molecule has 4 fully saturated rings. The molecule has 15 nitrogen and oxygen atoms in total. The number of likely N-dealkylation sites (tertiary alicyclic amines) is 2. The van der Waals surface area contributed by atoms with Crippen molar-refractivity contribution in [3.63, 3.8) is 0 Å². The molecule has 0 spiro atoms. The Balaban J connectivity index is 0.955. The molecule has 1 aromatic heterocycles. The predicted octanol–water partition coefficient (Wildman–Crippen LogP) is 8.59. The van der Waals surface area contributed by atoms with E-state index in [-0.39, 0.29) is 59.2 Å². The molecular weight excluding hydrogens is 871 g/mol. The van der Waals surface area contributed by atoms with Crippen molar-refractivity contribution in [1.82, 2.24) is 14.8 Å². The summed E-state index contributed by atoms with van der Waals surface area (Å²) < 4.78 is 41.3. The fourth-order valence-corrected chi connectivity index (χ4v) is 10.5. The highest BCUT2D eigenvalue weighted by atomic mass is 33.1. The number of benzene rings is 2. The maximum Gasteiger partial charge on any atom is 0.411 e. The van der Waals surface area contributed by atoms with E-state index in [1.807, 2.05) is 30.0 Å². The van der Waals surface area contributed by atoms with E-state index in [0.29, 0.717) is 93.0 Å². The zero-order valence-corrected chi connectivity index (χ0v) is 39.2. The fourth-order valence-electron chi connectivity index (χ4n) is 8.67. The summed E-state index contributed by atoms with van der Waals surface area (Å²) in [6.07, 6.45) is 8.14. The first kappa shape index (κ1) is 47.9. The summed E-state index contributed by atoms with van der Waals surface area (Å²) in [5.41, 5.74) is 9.55. The number of amides is 3. The highest BCUT2D eigenvalue weighted by Gasteiger charge is 2.41. The lowest BCUT2D eigenvalue weighted by molar-refractivity contribution is 0.0340. The number of pyridine rings is 1. The summed E-state index contributed by atoms with van der Waals surface area (Å²) >= 11 is 0. The number of anilines is 2. The van der Waals surface area contributed by atoms with Gasteiger partial charge in [-0.1, -0.05) is 41.2 Å². The SMILES string of the molecule is C=C1C[C@@H](C2CCCO2)N(C(=O)c2cc(OC)c(OCCCCCOc3cc(NC(=O)OCC(C)SSc4ccccn4)c(C(=O)N4CC(=C)C[C@H]4C4CCCO4)cc3OC)cc2N)C1. The Kier molecular flexibility index (Phi) is 16.8. The number of aromatic nitrogens is 1. The maximum absolute atomic E-state index is 14.4. The van der Waals surface area contributed by atoms with Crippen LogP contribution in [-0.4, -0.2) is 123 Å². The van der Waals surface area contributed by atoms with E-state index in [1.54, 1.807) is 46.2 Å². The molecule has 350 valence electrons. The van der Waals surface area contributed by atoms with Crippen molar-refractivity contribution in [1.29, 1.82) is 0 Å². The van der Waals surface area contributed by atoms with E-state index in [9.17, 15) is 14.4 Å². The van der Waals surface area contributed by atoms with Gasteiger partial charge >= 0.3 is 6.09 Å². The molecule has 2 aromatic carbocycles. The standard InChI is InChI=1S/C48H61N5O10S2/c1-30-21-37(39-13-11-19-59-39)52(27-30)46(54)33-23-41(57-4)43(25-35(33)49)61-17-9-6-10-18-62-44-26-36(51-48(56)63-29-32(3)64-65-45-15-7-8-16-50-45)34(24-42(44)58-5)47(55)53-28-31(2)22-38(53)40-14-12-20-60-40/h7-8,15-16,23-26,32,37-40H,1-2,6,9-14,17-22,27-29,49H2,3-5H3,(H,51,56)/t32?,37-,38-,39?,40?/m0/s1. The summed E-state index contributed by atoms with van der Waals surface area (Å²) in [6, 6.07) is 12.0. The number of nitrogens with zero attached hydrogens (tertiary/aromatic N) is 3. The smallest absolute Gasteiger partial charge is 0.411 e. The molecule has 3 unspecified atom stereocenters. The number of hydrogen-bond donors (Lipinski definition) is 2. The van der Waals surface area contributed by atoms with Crippen LogP contribution in [0, 0.1) is 0 Å². The van der Waals surface area contributed by atoms with Crippen LogP contribution in [0.1, 0.15) is 85.4 Å². The van der Waals surface area contributed by atoms with E-state index in [4.69, 9.17) is 38.9 Å². The van der Waals surface area contributed by atoms with Crippen molar-refractivity contribution < 1.29 is 47.5 Å². The molecule has 65 heavy (non-hydrogen) atoms. The van der Waals surface area contributed by atoms with Crippen LogP contribution in [0.3, 0.4) is 0 Å². The third kappa shape index (κ3) is 12.2. The third-order valence-electron chi connectivity index (χ3n) is 11.9. The Labute approximate surface area is 389 Å². The zero-order valence-electron chi connectivity index (χ0n) is 37.6. The minimum atomic E-state index is -0.701. The van der Waals surface area contributed by atoms with Gasteiger partial charge in [0.15, 0.2) is 23.0 Å². The van der Waals surface area contributed by atoms with Gasteiger partial charge in [0.25, 0.3) is 11.8 Å². The largest absolute Gasteiger partial charge is 0.493 e. The van der Waals surface area contributed by atoms with Gasteiger partial charge in [0.2, 0.25) is 0 Å². The molecule has 0 bridgehead atoms. The van der Waals surface area contributed by atoms with Crippen LogP contribution in [0.5, 0.6) is 23.0 Å². The number of nitrogen functional groups attached to an aromatic ring is 1. The Morgan fingerprint density at radius 3 is 1.97 bits per heavy atom. The number of unbranched alkanes of at least 4 members (excludes halogenated alkanes) is 2. The number of ether oxygens (including phenoxy) is 7. The normalized spacial score (nSPS) is 21.1. The van der Waals surface area contributed by atoms with Crippen molar-refractivity contribution >= 4 is 50.9 Å². The highest BCUT2D eigenvalue weighted by molar-refractivity contribution is 8.76. The fraction of sp³-hybridized carbons (Fsp3) is 0.500. The van der Waals surface area contributed by atoms with Gasteiger partial charge in [0.1, 0.15) is 11.6 Å². The van der Waals surface area contributed by atoms with Crippen molar-refractivity contribution in [2.45, 2.75) is 99.3 Å². The number of rotatable bonds is 20. The predicted molar refractivity (Wildman–Crippen MR) is 252 cm³/mol. The lowest BCUT2D eigenvalue weighted by atomic mass is 10.0. The molecule has 17 heteroatoms. The van der Waals surface area contributed by atoms with Crippen LogP contribution in [0.15, 0.2) is 78.0 Å². The van der Waals surface area contributed by atoms with Gasteiger partial charge in [0, 0.05) is 55.6 Å². The molecule has 5 heterocycles. The summed E-state index contributed by atoms with van der Waals surface area (Å²) in [4.78, 5) is 49.4. The molecule has 0 radical (unpaired) electrons. The number of methoxy groups -OCH3 is 2. The van der Waals surface area contributed by atoms with Crippen molar-refractivity contribution in [3.8, 4) is 23.0 Å². The molecular formula is C48H61N5O10S2.